The molecule has 0 unspecified atom stereocenters. The van der Waals surface area contributed by atoms with Crippen LogP contribution in [0.4, 0.5) is 0 Å². The average molecular weight is 189 g/mol. The molecule has 0 saturated carbocycles. The Labute approximate surface area is 79.4 Å². The third-order valence-electron chi connectivity index (χ3n) is 2.60. The zero-order chi connectivity index (χ0) is 10.0. The van der Waals surface area contributed by atoms with Crippen molar-refractivity contribution < 1.29 is 14.6 Å². The molecule has 1 heterocycles. The van der Waals surface area contributed by atoms with Crippen molar-refractivity contribution in [3.63, 3.8) is 0 Å². The van der Waals surface area contributed by atoms with Crippen LogP contribution in [0.25, 0.3) is 0 Å². The highest BCUT2D eigenvalue weighted by molar-refractivity contribution is 4.85. The molecular formula is C9H19NO3. The van der Waals surface area contributed by atoms with E-state index in [4.69, 9.17) is 9.47 Å². The minimum Gasteiger partial charge on any atom is -0.389 e. The molecule has 0 aliphatic carbocycles. The van der Waals surface area contributed by atoms with Gasteiger partial charge in [-0.2, -0.15) is 0 Å². The molecule has 0 aromatic rings. The number of likely N-dealkylation sites (N-methyl/N-ethyl adjacent to an activating group) is 1. The fourth-order valence-corrected chi connectivity index (χ4v) is 1.69. The minimum atomic E-state index is -0.429. The molecule has 0 radical (unpaired) electrons. The van der Waals surface area contributed by atoms with Crippen molar-refractivity contribution in [2.24, 2.45) is 0 Å². The molecule has 1 saturated heterocycles. The van der Waals surface area contributed by atoms with Gasteiger partial charge in [-0.25, -0.2) is 0 Å². The van der Waals surface area contributed by atoms with Gasteiger partial charge in [0.05, 0.1) is 12.2 Å². The van der Waals surface area contributed by atoms with Crippen LogP contribution in [-0.2, 0) is 9.47 Å². The standard InChI is InChI=1S/C9H19NO3/c1-6-9(11)7(10(2)3)5-8(12-4)13-6/h6-9,11H,5H2,1-4H3/t6-,7-,8+,9-/m1/s1. The van der Waals surface area contributed by atoms with E-state index < -0.39 is 6.10 Å². The molecular weight excluding hydrogens is 170 g/mol. The molecule has 0 amide bonds. The number of methoxy groups -OCH3 is 1. The van der Waals surface area contributed by atoms with Crippen LogP contribution in [0, 0.1) is 0 Å². The lowest BCUT2D eigenvalue weighted by molar-refractivity contribution is -0.224. The summed E-state index contributed by atoms with van der Waals surface area (Å²) in [6, 6.07) is 0.119. The van der Waals surface area contributed by atoms with Gasteiger partial charge in [-0.05, 0) is 21.0 Å². The Morgan fingerprint density at radius 2 is 2.08 bits per heavy atom. The zero-order valence-electron chi connectivity index (χ0n) is 8.73. The maximum Gasteiger partial charge on any atom is 0.159 e. The largest absolute Gasteiger partial charge is 0.389 e. The minimum absolute atomic E-state index is 0.119. The molecule has 0 spiro atoms. The summed E-state index contributed by atoms with van der Waals surface area (Å²) in [7, 11) is 5.54. The third-order valence-corrected chi connectivity index (χ3v) is 2.60. The van der Waals surface area contributed by atoms with Crippen molar-refractivity contribution in [3.8, 4) is 0 Å². The molecule has 0 aromatic carbocycles. The van der Waals surface area contributed by atoms with Crippen molar-refractivity contribution in [2.45, 2.75) is 37.9 Å². The first-order chi connectivity index (χ1) is 6.06. The fourth-order valence-electron chi connectivity index (χ4n) is 1.69. The van der Waals surface area contributed by atoms with Gasteiger partial charge in [0.15, 0.2) is 6.29 Å². The highest BCUT2D eigenvalue weighted by atomic mass is 16.7. The van der Waals surface area contributed by atoms with Crippen LogP contribution in [0.5, 0.6) is 0 Å². The summed E-state index contributed by atoms with van der Waals surface area (Å²) < 4.78 is 10.6. The van der Waals surface area contributed by atoms with Gasteiger partial charge in [0.25, 0.3) is 0 Å². The predicted molar refractivity (Wildman–Crippen MR) is 49.4 cm³/mol. The second-order valence-electron chi connectivity index (χ2n) is 3.76. The van der Waals surface area contributed by atoms with Crippen LogP contribution >= 0.6 is 0 Å². The van der Waals surface area contributed by atoms with Crippen molar-refractivity contribution in [1.82, 2.24) is 4.90 Å². The number of rotatable bonds is 2. The number of hydrogen-bond donors (Lipinski definition) is 1. The van der Waals surface area contributed by atoms with Crippen LogP contribution in [-0.4, -0.2) is 55.8 Å². The summed E-state index contributed by atoms with van der Waals surface area (Å²) in [6.07, 6.45) is -0.0621. The Morgan fingerprint density at radius 3 is 2.54 bits per heavy atom. The highest BCUT2D eigenvalue weighted by Gasteiger charge is 2.36. The van der Waals surface area contributed by atoms with Crippen LogP contribution < -0.4 is 0 Å². The number of hydrogen-bond acceptors (Lipinski definition) is 4. The van der Waals surface area contributed by atoms with Crippen LogP contribution in [0.2, 0.25) is 0 Å². The molecule has 4 heteroatoms. The first-order valence-corrected chi connectivity index (χ1v) is 4.59. The first kappa shape index (κ1) is 10.9. The molecule has 1 rings (SSSR count). The van der Waals surface area contributed by atoms with E-state index in [1.54, 1.807) is 7.11 Å². The van der Waals surface area contributed by atoms with Gasteiger partial charge < -0.3 is 19.5 Å². The van der Waals surface area contributed by atoms with Crippen LogP contribution in [0.3, 0.4) is 0 Å². The summed E-state index contributed by atoms with van der Waals surface area (Å²) in [5, 5.41) is 9.80. The summed E-state index contributed by atoms with van der Waals surface area (Å²) in [6.45, 7) is 1.87. The van der Waals surface area contributed by atoms with Gasteiger partial charge >= 0.3 is 0 Å². The summed E-state index contributed by atoms with van der Waals surface area (Å²) in [5.74, 6) is 0. The fraction of sp³-hybridized carbons (Fsp3) is 1.00. The summed E-state index contributed by atoms with van der Waals surface area (Å²) in [5.41, 5.74) is 0. The van der Waals surface area contributed by atoms with Crippen LogP contribution in [0.1, 0.15) is 13.3 Å². The number of aliphatic hydroxyl groups excluding tert-OH is 1. The normalized spacial score (nSPS) is 41.1. The zero-order valence-corrected chi connectivity index (χ0v) is 8.73. The molecule has 4 atom stereocenters. The SMILES string of the molecule is CO[C@@H]1C[C@@H](N(C)C)[C@H](O)[C@@H](C)O1. The van der Waals surface area contributed by atoms with Gasteiger partial charge in [-0.1, -0.05) is 0 Å². The van der Waals surface area contributed by atoms with E-state index in [1.807, 2.05) is 25.9 Å². The van der Waals surface area contributed by atoms with E-state index in [0.29, 0.717) is 0 Å². The van der Waals surface area contributed by atoms with Crippen molar-refractivity contribution in [3.05, 3.63) is 0 Å². The lowest BCUT2D eigenvalue weighted by Crippen LogP contribution is -2.53. The smallest absolute Gasteiger partial charge is 0.159 e. The molecule has 1 N–H and O–H groups in total. The second-order valence-corrected chi connectivity index (χ2v) is 3.76. The molecule has 1 aliphatic heterocycles. The van der Waals surface area contributed by atoms with Crippen molar-refractivity contribution in [1.29, 1.82) is 0 Å². The second kappa shape index (κ2) is 4.37. The molecule has 78 valence electrons. The molecule has 1 fully saturated rings. The lowest BCUT2D eigenvalue weighted by Gasteiger charge is -2.40. The summed E-state index contributed by atoms with van der Waals surface area (Å²) >= 11 is 0. The maximum absolute atomic E-state index is 9.80. The number of aliphatic hydroxyl groups is 1. The monoisotopic (exact) mass is 189 g/mol. The Balaban J connectivity index is 2.60. The topological polar surface area (TPSA) is 41.9 Å². The Morgan fingerprint density at radius 1 is 1.46 bits per heavy atom. The van der Waals surface area contributed by atoms with Gasteiger partial charge in [0, 0.05) is 19.6 Å². The van der Waals surface area contributed by atoms with E-state index in [0.717, 1.165) is 6.42 Å². The molecule has 13 heavy (non-hydrogen) atoms. The van der Waals surface area contributed by atoms with E-state index in [2.05, 4.69) is 0 Å². The molecule has 1 aliphatic rings. The maximum atomic E-state index is 9.80. The van der Waals surface area contributed by atoms with Crippen molar-refractivity contribution in [2.75, 3.05) is 21.2 Å². The van der Waals surface area contributed by atoms with Gasteiger partial charge in [0.1, 0.15) is 0 Å². The number of ether oxygens (including phenoxy) is 2. The predicted octanol–water partition coefficient (Wildman–Crippen LogP) is 0.0588. The number of nitrogens with zero attached hydrogens (tertiary/aromatic N) is 1. The van der Waals surface area contributed by atoms with Crippen molar-refractivity contribution >= 4 is 0 Å². The van der Waals surface area contributed by atoms with E-state index in [1.165, 1.54) is 0 Å². The Kier molecular flexibility index (Phi) is 3.67. The first-order valence-electron chi connectivity index (χ1n) is 4.59. The van der Waals surface area contributed by atoms with Crippen LogP contribution in [0.15, 0.2) is 0 Å². The lowest BCUT2D eigenvalue weighted by atomic mass is 9.99. The van der Waals surface area contributed by atoms with E-state index >= 15 is 0 Å². The van der Waals surface area contributed by atoms with Gasteiger partial charge in [-0.3, -0.25) is 0 Å². The molecule has 0 aromatic heterocycles. The van der Waals surface area contributed by atoms with Gasteiger partial charge in [-0.15, -0.1) is 0 Å². The highest BCUT2D eigenvalue weighted by Crippen LogP contribution is 2.23. The van der Waals surface area contributed by atoms with E-state index in [9.17, 15) is 5.11 Å². The van der Waals surface area contributed by atoms with Gasteiger partial charge in [0.2, 0.25) is 0 Å². The average Bonchev–Trinajstić information content (AvgIpc) is 2.09. The molecule has 0 bridgehead atoms. The molecule has 4 nitrogen and oxygen atoms in total. The Bertz CT molecular complexity index is 163. The Hall–Kier alpha value is -0.160. The summed E-state index contributed by atoms with van der Waals surface area (Å²) in [4.78, 5) is 2.01. The van der Waals surface area contributed by atoms with E-state index in [-0.39, 0.29) is 18.4 Å². The third kappa shape index (κ3) is 2.40. The quantitative estimate of drug-likeness (QED) is 0.667.